The molecular formula is C22H27N5O. The van der Waals surface area contributed by atoms with Crippen LogP contribution < -0.4 is 14.5 Å². The summed E-state index contributed by atoms with van der Waals surface area (Å²) in [5.74, 6) is 1.79. The van der Waals surface area contributed by atoms with Crippen molar-refractivity contribution in [3.63, 3.8) is 0 Å². The smallest absolute Gasteiger partial charge is 0.129 e. The molecule has 2 aliphatic rings. The zero-order valence-electron chi connectivity index (χ0n) is 16.5. The van der Waals surface area contributed by atoms with Crippen molar-refractivity contribution in [3.05, 3.63) is 58.0 Å². The monoisotopic (exact) mass is 377 g/mol. The van der Waals surface area contributed by atoms with E-state index in [-0.39, 0.29) is 0 Å². The number of hydrogen-bond donors (Lipinski definition) is 0. The number of anilines is 2. The highest BCUT2D eigenvalue weighted by atomic mass is 16.5. The zero-order valence-corrected chi connectivity index (χ0v) is 16.5. The highest BCUT2D eigenvalue weighted by molar-refractivity contribution is 5.63. The Kier molecular flexibility index (Phi) is 5.58. The van der Waals surface area contributed by atoms with Gasteiger partial charge in [0.1, 0.15) is 11.5 Å². The number of ether oxygens (including phenoxy) is 1. The van der Waals surface area contributed by atoms with Gasteiger partial charge < -0.3 is 14.5 Å². The fraction of sp³-hybridized carbons (Fsp3) is 0.455. The van der Waals surface area contributed by atoms with Gasteiger partial charge in [-0.3, -0.25) is 0 Å². The Morgan fingerprint density at radius 3 is 2.25 bits per heavy atom. The predicted molar refractivity (Wildman–Crippen MR) is 114 cm³/mol. The second-order valence-electron chi connectivity index (χ2n) is 7.41. The van der Waals surface area contributed by atoms with E-state index in [0.717, 1.165) is 63.4 Å². The Morgan fingerprint density at radius 1 is 0.964 bits per heavy atom. The van der Waals surface area contributed by atoms with E-state index in [0.29, 0.717) is 6.54 Å². The van der Waals surface area contributed by atoms with Crippen molar-refractivity contribution in [3.8, 4) is 11.5 Å². The van der Waals surface area contributed by atoms with Gasteiger partial charge in [-0.05, 0) is 61.4 Å². The molecule has 0 saturated heterocycles. The van der Waals surface area contributed by atoms with E-state index >= 15 is 0 Å². The third-order valence-electron chi connectivity index (χ3n) is 5.71. The van der Waals surface area contributed by atoms with Crippen molar-refractivity contribution in [2.24, 2.45) is 5.11 Å². The summed E-state index contributed by atoms with van der Waals surface area (Å²) in [5, 5.41) is 3.62. The molecule has 0 fully saturated rings. The molecule has 6 nitrogen and oxygen atoms in total. The number of likely N-dealkylation sites (N-methyl/N-ethyl adjacent to an activating group) is 1. The standard InChI is InChI=1S/C22H27N5O/c1-2-26-13-9-17-5-7-19(15-21(17)26)28-20-8-6-18-10-14-27(22(18)16-20)12-4-3-11-24-25-23/h5-8,15-16H,2-4,9-14H2,1H3. The molecule has 4 rings (SSSR count). The van der Waals surface area contributed by atoms with Crippen molar-refractivity contribution in [2.75, 3.05) is 42.5 Å². The highest BCUT2D eigenvalue weighted by Gasteiger charge is 2.20. The molecule has 2 heterocycles. The van der Waals surface area contributed by atoms with E-state index in [1.165, 1.54) is 22.5 Å². The predicted octanol–water partition coefficient (Wildman–Crippen LogP) is 5.31. The van der Waals surface area contributed by atoms with Crippen LogP contribution in [0.25, 0.3) is 10.4 Å². The summed E-state index contributed by atoms with van der Waals surface area (Å²) in [7, 11) is 0. The molecule has 0 saturated carbocycles. The molecule has 2 aromatic rings. The van der Waals surface area contributed by atoms with Crippen molar-refractivity contribution < 1.29 is 4.74 Å². The van der Waals surface area contributed by atoms with E-state index in [9.17, 15) is 0 Å². The van der Waals surface area contributed by atoms with Crippen molar-refractivity contribution in [1.29, 1.82) is 0 Å². The van der Waals surface area contributed by atoms with E-state index in [2.05, 4.69) is 63.1 Å². The molecule has 0 unspecified atom stereocenters. The van der Waals surface area contributed by atoms with Crippen LogP contribution >= 0.6 is 0 Å². The molecular weight excluding hydrogens is 350 g/mol. The summed E-state index contributed by atoms with van der Waals surface area (Å²) in [4.78, 5) is 7.64. The van der Waals surface area contributed by atoms with E-state index in [1.807, 2.05) is 0 Å². The summed E-state index contributed by atoms with van der Waals surface area (Å²) in [6, 6.07) is 12.9. The van der Waals surface area contributed by atoms with Crippen LogP contribution in [0, 0.1) is 0 Å². The van der Waals surface area contributed by atoms with Crippen molar-refractivity contribution >= 4 is 11.4 Å². The first-order chi connectivity index (χ1) is 13.8. The summed E-state index contributed by atoms with van der Waals surface area (Å²) in [6.07, 6.45) is 4.16. The lowest BCUT2D eigenvalue weighted by Crippen LogP contribution is -2.21. The van der Waals surface area contributed by atoms with Gasteiger partial charge in [-0.2, -0.15) is 0 Å². The Hall–Kier alpha value is -2.85. The van der Waals surface area contributed by atoms with Gasteiger partial charge in [-0.1, -0.05) is 17.2 Å². The van der Waals surface area contributed by atoms with Gasteiger partial charge in [0.15, 0.2) is 0 Å². The highest BCUT2D eigenvalue weighted by Crippen LogP contribution is 2.36. The van der Waals surface area contributed by atoms with Crippen molar-refractivity contribution in [1.82, 2.24) is 0 Å². The maximum Gasteiger partial charge on any atom is 0.129 e. The number of nitrogens with zero attached hydrogens (tertiary/aromatic N) is 5. The molecule has 0 spiro atoms. The second-order valence-corrected chi connectivity index (χ2v) is 7.41. The Balaban J connectivity index is 1.44. The first kappa shape index (κ1) is 18.5. The van der Waals surface area contributed by atoms with Crippen LogP contribution in [-0.2, 0) is 12.8 Å². The molecule has 0 aliphatic carbocycles. The molecule has 0 aromatic heterocycles. The van der Waals surface area contributed by atoms with Crippen molar-refractivity contribution in [2.45, 2.75) is 32.6 Å². The van der Waals surface area contributed by atoms with E-state index in [4.69, 9.17) is 10.3 Å². The van der Waals surface area contributed by atoms with Crippen LogP contribution in [0.5, 0.6) is 11.5 Å². The lowest BCUT2D eigenvalue weighted by atomic mass is 10.1. The molecule has 0 N–H and O–H groups in total. The number of azide groups is 1. The number of benzene rings is 2. The van der Waals surface area contributed by atoms with Crippen LogP contribution in [-0.4, -0.2) is 32.7 Å². The molecule has 2 aliphatic heterocycles. The molecule has 28 heavy (non-hydrogen) atoms. The maximum absolute atomic E-state index is 8.37. The molecule has 6 heteroatoms. The van der Waals surface area contributed by atoms with Gasteiger partial charge in [0.2, 0.25) is 0 Å². The Bertz CT molecular complexity index is 890. The molecule has 146 valence electrons. The fourth-order valence-electron chi connectivity index (χ4n) is 4.20. The molecule has 0 radical (unpaired) electrons. The van der Waals surface area contributed by atoms with E-state index < -0.39 is 0 Å². The number of fused-ring (bicyclic) bond motifs is 2. The van der Waals surface area contributed by atoms with Gasteiger partial charge in [0.25, 0.3) is 0 Å². The van der Waals surface area contributed by atoms with Crippen LogP contribution in [0.2, 0.25) is 0 Å². The SMILES string of the molecule is CCN1CCc2ccc(Oc3ccc4c(c3)N(CCCCN=[N+]=[N-])CC4)cc21. The lowest BCUT2D eigenvalue weighted by molar-refractivity contribution is 0.482. The van der Waals surface area contributed by atoms with Crippen LogP contribution in [0.4, 0.5) is 11.4 Å². The van der Waals surface area contributed by atoms with Crippen LogP contribution in [0.15, 0.2) is 41.5 Å². The average Bonchev–Trinajstić information content (AvgIpc) is 3.31. The van der Waals surface area contributed by atoms with Gasteiger partial charge in [-0.15, -0.1) is 0 Å². The van der Waals surface area contributed by atoms with E-state index in [1.54, 1.807) is 0 Å². The molecule has 2 aromatic carbocycles. The number of unbranched alkanes of at least 4 members (excludes halogenated alkanes) is 1. The first-order valence-corrected chi connectivity index (χ1v) is 10.2. The normalized spacial score (nSPS) is 14.6. The summed E-state index contributed by atoms with van der Waals surface area (Å²) >= 11 is 0. The third kappa shape index (κ3) is 3.87. The Labute approximate surface area is 166 Å². The largest absolute Gasteiger partial charge is 0.457 e. The van der Waals surface area contributed by atoms with Gasteiger partial charge in [0, 0.05) is 61.1 Å². The minimum absolute atomic E-state index is 0.577. The van der Waals surface area contributed by atoms with Gasteiger partial charge >= 0.3 is 0 Å². The minimum atomic E-state index is 0.577. The topological polar surface area (TPSA) is 64.5 Å². The van der Waals surface area contributed by atoms with Crippen LogP contribution in [0.3, 0.4) is 0 Å². The third-order valence-corrected chi connectivity index (χ3v) is 5.71. The lowest BCUT2D eigenvalue weighted by Gasteiger charge is -2.20. The van der Waals surface area contributed by atoms with Crippen LogP contribution in [0.1, 0.15) is 30.9 Å². The minimum Gasteiger partial charge on any atom is -0.457 e. The number of hydrogen-bond acceptors (Lipinski definition) is 4. The quantitative estimate of drug-likeness (QED) is 0.271. The molecule has 0 atom stereocenters. The molecule has 0 amide bonds. The summed E-state index contributed by atoms with van der Waals surface area (Å²) in [5.41, 5.74) is 13.7. The maximum atomic E-state index is 8.37. The zero-order chi connectivity index (χ0) is 19.3. The fourth-order valence-corrected chi connectivity index (χ4v) is 4.20. The summed E-state index contributed by atoms with van der Waals surface area (Å²) < 4.78 is 6.22. The van der Waals surface area contributed by atoms with Gasteiger partial charge in [-0.25, -0.2) is 0 Å². The first-order valence-electron chi connectivity index (χ1n) is 10.2. The average molecular weight is 377 g/mol. The number of rotatable bonds is 8. The van der Waals surface area contributed by atoms with Gasteiger partial charge in [0.05, 0.1) is 0 Å². The second kappa shape index (κ2) is 8.44. The Morgan fingerprint density at radius 2 is 1.61 bits per heavy atom. The summed E-state index contributed by atoms with van der Waals surface area (Å²) in [6.45, 7) is 6.94. The molecule has 0 bridgehead atoms.